The van der Waals surface area contributed by atoms with Gasteiger partial charge in [-0.1, -0.05) is 29.8 Å². The minimum absolute atomic E-state index is 0.0148. The number of carbonyl (C=O) groups is 1. The van der Waals surface area contributed by atoms with Crippen LogP contribution >= 0.6 is 0 Å². The van der Waals surface area contributed by atoms with Crippen LogP contribution in [0.25, 0.3) is 11.0 Å². The first-order valence-electron chi connectivity index (χ1n) is 10.8. The van der Waals surface area contributed by atoms with E-state index in [2.05, 4.69) is 10.3 Å². The SMILES string of the molecule is Cc1ccc(S(=O)(=O)c2cn(CC(=O)Nc3cccc(C)c3C)c3nc(C)ccc3c2=O)cc1. The smallest absolute Gasteiger partial charge is 0.244 e. The molecule has 0 aliphatic carbocycles. The summed E-state index contributed by atoms with van der Waals surface area (Å²) in [5.41, 5.74) is 3.81. The minimum atomic E-state index is -4.11. The second-order valence-corrected chi connectivity index (χ2v) is 10.3. The summed E-state index contributed by atoms with van der Waals surface area (Å²) in [6, 6.07) is 15.1. The zero-order valence-electron chi connectivity index (χ0n) is 19.4. The fourth-order valence-electron chi connectivity index (χ4n) is 3.72. The Morgan fingerprint density at radius 2 is 1.68 bits per heavy atom. The van der Waals surface area contributed by atoms with Crippen LogP contribution in [0.15, 0.2) is 75.4 Å². The van der Waals surface area contributed by atoms with Gasteiger partial charge < -0.3 is 9.88 Å². The monoisotopic (exact) mass is 475 g/mol. The van der Waals surface area contributed by atoms with E-state index in [0.717, 1.165) is 16.7 Å². The summed E-state index contributed by atoms with van der Waals surface area (Å²) in [5, 5.41) is 3.01. The van der Waals surface area contributed by atoms with E-state index in [1.165, 1.54) is 22.9 Å². The number of hydrogen-bond acceptors (Lipinski definition) is 5. The molecule has 8 heteroatoms. The fourth-order valence-corrected chi connectivity index (χ4v) is 5.09. The lowest BCUT2D eigenvalue weighted by Crippen LogP contribution is -2.24. The molecule has 34 heavy (non-hydrogen) atoms. The predicted octanol–water partition coefficient (Wildman–Crippen LogP) is 4.10. The van der Waals surface area contributed by atoms with Crippen molar-refractivity contribution >= 4 is 32.5 Å². The molecule has 174 valence electrons. The number of fused-ring (bicyclic) bond motifs is 1. The van der Waals surface area contributed by atoms with E-state index >= 15 is 0 Å². The molecule has 1 N–H and O–H groups in total. The molecule has 0 aliphatic heterocycles. The number of anilines is 1. The van der Waals surface area contributed by atoms with Crippen LogP contribution in [0.3, 0.4) is 0 Å². The molecule has 0 saturated heterocycles. The third-order valence-corrected chi connectivity index (χ3v) is 7.60. The van der Waals surface area contributed by atoms with Crippen LogP contribution < -0.4 is 10.7 Å². The highest BCUT2D eigenvalue weighted by molar-refractivity contribution is 7.91. The maximum absolute atomic E-state index is 13.4. The molecular weight excluding hydrogens is 450 g/mol. The number of nitrogens with zero attached hydrogens (tertiary/aromatic N) is 2. The highest BCUT2D eigenvalue weighted by atomic mass is 32.2. The second-order valence-electron chi connectivity index (χ2n) is 8.39. The van der Waals surface area contributed by atoms with Crippen molar-refractivity contribution in [2.45, 2.75) is 44.0 Å². The molecule has 0 atom stereocenters. The van der Waals surface area contributed by atoms with Gasteiger partial charge in [-0.05, 0) is 69.2 Å². The molecule has 0 unspecified atom stereocenters. The lowest BCUT2D eigenvalue weighted by atomic mass is 10.1. The largest absolute Gasteiger partial charge is 0.324 e. The molecule has 0 saturated carbocycles. The molecule has 0 spiro atoms. The second kappa shape index (κ2) is 8.87. The number of aryl methyl sites for hydroxylation is 3. The van der Waals surface area contributed by atoms with Crippen LogP contribution in [0.5, 0.6) is 0 Å². The molecular formula is C26H25N3O4S. The van der Waals surface area contributed by atoms with Gasteiger partial charge in [-0.25, -0.2) is 13.4 Å². The number of rotatable bonds is 5. The Balaban J connectivity index is 1.83. The maximum Gasteiger partial charge on any atom is 0.244 e. The van der Waals surface area contributed by atoms with Crippen molar-refractivity contribution in [2.75, 3.05) is 5.32 Å². The van der Waals surface area contributed by atoms with Crippen LogP contribution in [-0.4, -0.2) is 23.9 Å². The quantitative estimate of drug-likeness (QED) is 0.469. The van der Waals surface area contributed by atoms with E-state index in [0.29, 0.717) is 11.4 Å². The van der Waals surface area contributed by atoms with Crippen molar-refractivity contribution in [3.8, 4) is 0 Å². The Kier molecular flexibility index (Phi) is 6.10. The lowest BCUT2D eigenvalue weighted by Gasteiger charge is -2.15. The molecule has 4 rings (SSSR count). The van der Waals surface area contributed by atoms with Gasteiger partial charge in [0.15, 0.2) is 0 Å². The van der Waals surface area contributed by atoms with Crippen LogP contribution in [0.2, 0.25) is 0 Å². The zero-order chi connectivity index (χ0) is 24.6. The van der Waals surface area contributed by atoms with Crippen LogP contribution in [0.4, 0.5) is 5.69 Å². The van der Waals surface area contributed by atoms with Gasteiger partial charge in [-0.2, -0.15) is 0 Å². The highest BCUT2D eigenvalue weighted by Crippen LogP contribution is 2.22. The molecule has 2 aromatic heterocycles. The summed E-state index contributed by atoms with van der Waals surface area (Å²) in [5.74, 6) is -0.361. The number of aromatic nitrogens is 2. The van der Waals surface area contributed by atoms with Gasteiger partial charge in [0.1, 0.15) is 17.1 Å². The molecule has 0 aliphatic rings. The van der Waals surface area contributed by atoms with Gasteiger partial charge in [-0.3, -0.25) is 9.59 Å². The van der Waals surface area contributed by atoms with E-state index in [1.54, 1.807) is 37.3 Å². The van der Waals surface area contributed by atoms with Gasteiger partial charge in [0.05, 0.1) is 10.3 Å². The van der Waals surface area contributed by atoms with E-state index in [-0.39, 0.29) is 28.4 Å². The van der Waals surface area contributed by atoms with Crippen molar-refractivity contribution < 1.29 is 13.2 Å². The van der Waals surface area contributed by atoms with Crippen molar-refractivity contribution in [3.05, 3.63) is 93.4 Å². The summed E-state index contributed by atoms with van der Waals surface area (Å²) in [6.45, 7) is 7.27. The van der Waals surface area contributed by atoms with E-state index < -0.39 is 20.2 Å². The Labute approximate surface area is 198 Å². The number of pyridine rings is 2. The minimum Gasteiger partial charge on any atom is -0.324 e. The van der Waals surface area contributed by atoms with Crippen molar-refractivity contribution in [3.63, 3.8) is 0 Å². The molecule has 4 aromatic rings. The number of nitrogens with one attached hydrogen (secondary N) is 1. The summed E-state index contributed by atoms with van der Waals surface area (Å²) in [7, 11) is -4.11. The first-order valence-corrected chi connectivity index (χ1v) is 12.2. The molecule has 0 fully saturated rings. The first-order chi connectivity index (χ1) is 16.1. The van der Waals surface area contributed by atoms with Gasteiger partial charge in [-0.15, -0.1) is 0 Å². The average molecular weight is 476 g/mol. The van der Waals surface area contributed by atoms with E-state index in [9.17, 15) is 18.0 Å². The Morgan fingerprint density at radius 1 is 0.971 bits per heavy atom. The maximum atomic E-state index is 13.4. The predicted molar refractivity (Wildman–Crippen MR) is 132 cm³/mol. The molecule has 1 amide bonds. The van der Waals surface area contributed by atoms with Crippen molar-refractivity contribution in [2.24, 2.45) is 0 Å². The van der Waals surface area contributed by atoms with Crippen molar-refractivity contribution in [1.82, 2.24) is 9.55 Å². The number of amides is 1. The third-order valence-electron chi connectivity index (χ3n) is 5.84. The van der Waals surface area contributed by atoms with Gasteiger partial charge in [0, 0.05) is 17.6 Å². The van der Waals surface area contributed by atoms with Crippen LogP contribution in [-0.2, 0) is 21.2 Å². The van der Waals surface area contributed by atoms with E-state index in [4.69, 9.17) is 0 Å². The number of hydrogen-bond donors (Lipinski definition) is 1. The number of benzene rings is 2. The summed E-state index contributed by atoms with van der Waals surface area (Å²) in [6.07, 6.45) is 1.22. The molecule has 2 aromatic carbocycles. The lowest BCUT2D eigenvalue weighted by molar-refractivity contribution is -0.116. The Bertz CT molecular complexity index is 1590. The molecule has 7 nitrogen and oxygen atoms in total. The normalized spacial score (nSPS) is 11.5. The molecule has 0 bridgehead atoms. The van der Waals surface area contributed by atoms with Gasteiger partial charge >= 0.3 is 0 Å². The first kappa shape index (κ1) is 23.4. The van der Waals surface area contributed by atoms with Gasteiger partial charge in [0.2, 0.25) is 21.2 Å². The highest BCUT2D eigenvalue weighted by Gasteiger charge is 2.25. The Hall–Kier alpha value is -3.78. The molecule has 2 heterocycles. The van der Waals surface area contributed by atoms with Crippen LogP contribution in [0.1, 0.15) is 22.4 Å². The number of sulfone groups is 1. The zero-order valence-corrected chi connectivity index (χ0v) is 20.2. The topological polar surface area (TPSA) is 98.1 Å². The molecule has 0 radical (unpaired) electrons. The summed E-state index contributed by atoms with van der Waals surface area (Å²) in [4.78, 5) is 30.2. The number of carbonyl (C=O) groups excluding carboxylic acids is 1. The van der Waals surface area contributed by atoms with Gasteiger partial charge in [0.25, 0.3) is 0 Å². The van der Waals surface area contributed by atoms with E-state index in [1.807, 2.05) is 32.9 Å². The summed E-state index contributed by atoms with van der Waals surface area (Å²) >= 11 is 0. The Morgan fingerprint density at radius 3 is 2.38 bits per heavy atom. The van der Waals surface area contributed by atoms with Crippen molar-refractivity contribution in [1.29, 1.82) is 0 Å². The third kappa shape index (κ3) is 4.36. The summed E-state index contributed by atoms with van der Waals surface area (Å²) < 4.78 is 28.1. The van der Waals surface area contributed by atoms with Crippen LogP contribution in [0, 0.1) is 27.7 Å². The average Bonchev–Trinajstić information content (AvgIpc) is 2.79. The fraction of sp³-hybridized carbons (Fsp3) is 0.192. The standard InChI is InChI=1S/C26H25N3O4S/c1-16-8-11-20(12-9-16)34(32,33)23-14-29(26-21(25(23)31)13-10-18(3)27-26)15-24(30)28-22-7-5-6-17(2)19(22)4/h5-14H,15H2,1-4H3,(H,28,30).